The third-order valence-corrected chi connectivity index (χ3v) is 9.78. The van der Waals surface area contributed by atoms with Gasteiger partial charge in [-0.1, -0.05) is 55.7 Å². The minimum absolute atomic E-state index is 0.0108. The number of carboxylic acids is 1. The van der Waals surface area contributed by atoms with E-state index in [1.165, 1.54) is 41.2 Å². The van der Waals surface area contributed by atoms with Gasteiger partial charge in [0.05, 0.1) is 29.2 Å². The molecule has 4 aromatic rings. The lowest BCUT2D eigenvalue weighted by Gasteiger charge is -2.42. The summed E-state index contributed by atoms with van der Waals surface area (Å²) in [7, 11) is 0. The van der Waals surface area contributed by atoms with Gasteiger partial charge < -0.3 is 14.3 Å². The minimum atomic E-state index is -0.996. The lowest BCUT2D eigenvalue weighted by Crippen LogP contribution is -2.52. The van der Waals surface area contributed by atoms with Crippen molar-refractivity contribution in [2.75, 3.05) is 19.8 Å². The van der Waals surface area contributed by atoms with Crippen LogP contribution in [0.25, 0.3) is 32.1 Å². The Labute approximate surface area is 244 Å². The van der Waals surface area contributed by atoms with Gasteiger partial charge in [-0.3, -0.25) is 9.69 Å². The van der Waals surface area contributed by atoms with Crippen molar-refractivity contribution in [3.05, 3.63) is 53.5 Å². The number of nitrogens with zero attached hydrogens (tertiary/aromatic N) is 4. The van der Waals surface area contributed by atoms with Crippen LogP contribution in [-0.2, 0) is 28.9 Å². The van der Waals surface area contributed by atoms with Crippen molar-refractivity contribution < 1.29 is 19.1 Å². The van der Waals surface area contributed by atoms with E-state index >= 15 is 0 Å². The number of fused-ring (bicyclic) bond motifs is 1. The lowest BCUT2D eigenvalue weighted by atomic mass is 9.81. The Morgan fingerprint density at radius 2 is 1.93 bits per heavy atom. The largest absolute Gasteiger partial charge is 0.481 e. The number of aromatic nitrogens is 3. The van der Waals surface area contributed by atoms with Crippen molar-refractivity contribution >= 4 is 28.1 Å². The molecule has 0 unspecified atom stereocenters. The van der Waals surface area contributed by atoms with Crippen molar-refractivity contribution in [2.24, 2.45) is 11.3 Å². The molecule has 1 saturated heterocycles. The van der Waals surface area contributed by atoms with Gasteiger partial charge >= 0.3 is 5.97 Å². The zero-order chi connectivity index (χ0) is 28.8. The van der Waals surface area contributed by atoms with Crippen LogP contribution in [0, 0.1) is 11.3 Å². The molecule has 8 nitrogen and oxygen atoms in total. The van der Waals surface area contributed by atoms with E-state index in [1.54, 1.807) is 25.2 Å². The number of ether oxygens (including phenoxy) is 1. The summed E-state index contributed by atoms with van der Waals surface area (Å²) in [6, 6.07) is 13.2. The van der Waals surface area contributed by atoms with E-state index in [0.717, 1.165) is 43.3 Å². The topological polar surface area (TPSA) is 102 Å². The van der Waals surface area contributed by atoms with Crippen molar-refractivity contribution in [2.45, 2.75) is 71.9 Å². The molecule has 6 rings (SSSR count). The molecule has 1 aliphatic heterocycles. The molecule has 2 aromatic carbocycles. The number of carboxylic acid groups (broad SMARTS) is 1. The minimum Gasteiger partial charge on any atom is -0.481 e. The number of hydrogen-bond acceptors (Lipinski definition) is 8. The molecule has 1 N–H and O–H groups in total. The Hall–Kier alpha value is -3.14. The average molecular weight is 575 g/mol. The van der Waals surface area contributed by atoms with Crippen molar-refractivity contribution in [3.63, 3.8) is 0 Å². The van der Waals surface area contributed by atoms with E-state index < -0.39 is 11.4 Å². The Morgan fingerprint density at radius 3 is 2.63 bits per heavy atom. The molecule has 0 radical (unpaired) electrons. The predicted molar refractivity (Wildman–Crippen MR) is 160 cm³/mol. The van der Waals surface area contributed by atoms with Crippen molar-refractivity contribution in [3.8, 4) is 21.3 Å². The van der Waals surface area contributed by atoms with Crippen LogP contribution in [0.4, 0.5) is 0 Å². The third kappa shape index (κ3) is 5.67. The van der Waals surface area contributed by atoms with E-state index in [-0.39, 0.29) is 12.0 Å². The molecule has 1 aliphatic carbocycles. The summed E-state index contributed by atoms with van der Waals surface area (Å²) in [5, 5.41) is 21.1. The highest BCUT2D eigenvalue weighted by Crippen LogP contribution is 2.42. The van der Waals surface area contributed by atoms with Gasteiger partial charge in [0.1, 0.15) is 0 Å². The Balaban J connectivity index is 1.38. The highest BCUT2D eigenvalue weighted by atomic mass is 32.1. The van der Waals surface area contributed by atoms with Gasteiger partial charge in [-0.25, -0.2) is 4.98 Å². The molecule has 2 aromatic heterocycles. The fraction of sp³-hybridized carbons (Fsp3) is 0.500. The van der Waals surface area contributed by atoms with E-state index in [4.69, 9.17) is 14.1 Å². The van der Waals surface area contributed by atoms with Crippen LogP contribution in [-0.4, -0.2) is 56.5 Å². The van der Waals surface area contributed by atoms with Crippen LogP contribution in [0.2, 0.25) is 0 Å². The number of morpholine rings is 1. The predicted octanol–water partition coefficient (Wildman–Crippen LogP) is 6.62. The second-order valence-electron chi connectivity index (χ2n) is 12.8. The monoisotopic (exact) mass is 574 g/mol. The normalized spacial score (nSPS) is 18.0. The summed E-state index contributed by atoms with van der Waals surface area (Å²) < 4.78 is 11.7. The van der Waals surface area contributed by atoms with Gasteiger partial charge in [-0.2, -0.15) is 0 Å². The third-order valence-electron chi connectivity index (χ3n) is 8.66. The maximum absolute atomic E-state index is 11.6. The van der Waals surface area contributed by atoms with Gasteiger partial charge in [-0.05, 0) is 56.4 Å². The fourth-order valence-corrected chi connectivity index (χ4v) is 6.77. The van der Waals surface area contributed by atoms with Gasteiger partial charge in [0.15, 0.2) is 5.01 Å². The molecule has 0 atom stereocenters. The van der Waals surface area contributed by atoms with E-state index in [2.05, 4.69) is 65.3 Å². The first kappa shape index (κ1) is 28.0. The standard InChI is InChI=1S/C32H38N4O4S/c1-31(2,30(37)38)17-26-34-35-28(40-26)29-33-25(16-20-8-7-9-20)27(41-29)24-13-12-21(22-10-5-6-11-23(22)24)18-36-14-15-39-19-32(36,3)4/h5-6,10-13,20H,7-9,14-19H2,1-4H3,(H,37,38). The summed E-state index contributed by atoms with van der Waals surface area (Å²) in [4.78, 5) is 20.3. The zero-order valence-electron chi connectivity index (χ0n) is 24.3. The van der Waals surface area contributed by atoms with E-state index in [0.29, 0.717) is 22.7 Å². The molecule has 2 fully saturated rings. The summed E-state index contributed by atoms with van der Waals surface area (Å²) >= 11 is 1.59. The Bertz CT molecular complexity index is 1570. The number of carbonyl (C=O) groups is 1. The SMILES string of the molecule is CC(C)(Cc1nnc(-c2nc(CC3CCC3)c(-c3ccc(CN4CCOCC4(C)C)c4ccccc34)s2)o1)C(=O)O. The Kier molecular flexibility index (Phi) is 7.46. The maximum Gasteiger partial charge on any atom is 0.309 e. The van der Waals surface area contributed by atoms with Gasteiger partial charge in [0.25, 0.3) is 5.89 Å². The molecular formula is C32H38N4O4S. The number of thiazole rings is 1. The highest BCUT2D eigenvalue weighted by molar-refractivity contribution is 7.18. The molecule has 2 aliphatic rings. The van der Waals surface area contributed by atoms with Crippen LogP contribution in [0.1, 0.15) is 64.1 Å². The van der Waals surface area contributed by atoms with Crippen molar-refractivity contribution in [1.82, 2.24) is 20.1 Å². The molecule has 0 bridgehead atoms. The van der Waals surface area contributed by atoms with Gasteiger partial charge in [0.2, 0.25) is 5.89 Å². The Morgan fingerprint density at radius 1 is 1.15 bits per heavy atom. The summed E-state index contributed by atoms with van der Waals surface area (Å²) in [5.41, 5.74) is 2.56. The first-order valence-corrected chi connectivity index (χ1v) is 15.3. The molecule has 1 saturated carbocycles. The van der Waals surface area contributed by atoms with Crippen LogP contribution in [0.15, 0.2) is 40.8 Å². The molecule has 3 heterocycles. The van der Waals surface area contributed by atoms with Crippen LogP contribution in [0.5, 0.6) is 0 Å². The summed E-state index contributed by atoms with van der Waals surface area (Å²) in [6.07, 6.45) is 4.83. The van der Waals surface area contributed by atoms with Gasteiger partial charge in [-0.15, -0.1) is 21.5 Å². The summed E-state index contributed by atoms with van der Waals surface area (Å²) in [6.45, 7) is 11.1. The molecule has 0 amide bonds. The van der Waals surface area contributed by atoms with E-state index in [1.807, 2.05) is 0 Å². The number of aliphatic carboxylic acids is 1. The van der Waals surface area contributed by atoms with Crippen LogP contribution < -0.4 is 0 Å². The number of benzene rings is 2. The second-order valence-corrected chi connectivity index (χ2v) is 13.8. The van der Waals surface area contributed by atoms with E-state index in [9.17, 15) is 9.90 Å². The first-order valence-electron chi connectivity index (χ1n) is 14.5. The maximum atomic E-state index is 11.6. The molecule has 0 spiro atoms. The van der Waals surface area contributed by atoms with Crippen molar-refractivity contribution in [1.29, 1.82) is 0 Å². The first-order chi connectivity index (χ1) is 19.6. The fourth-order valence-electron chi connectivity index (χ4n) is 5.71. The van der Waals surface area contributed by atoms with Crippen LogP contribution in [0.3, 0.4) is 0 Å². The smallest absolute Gasteiger partial charge is 0.309 e. The van der Waals surface area contributed by atoms with Gasteiger partial charge in [0, 0.05) is 30.6 Å². The number of hydrogen-bond donors (Lipinski definition) is 1. The molecule has 41 heavy (non-hydrogen) atoms. The molecule has 9 heteroatoms. The average Bonchev–Trinajstić information content (AvgIpc) is 3.54. The lowest BCUT2D eigenvalue weighted by molar-refractivity contribution is -0.147. The molecule has 216 valence electrons. The second kappa shape index (κ2) is 10.9. The number of rotatable bonds is 9. The summed E-state index contributed by atoms with van der Waals surface area (Å²) in [5.74, 6) is 0.407. The zero-order valence-corrected chi connectivity index (χ0v) is 25.1. The highest BCUT2D eigenvalue weighted by Gasteiger charge is 2.32. The van der Waals surface area contributed by atoms with Crippen LogP contribution >= 0.6 is 11.3 Å². The molecular weight excluding hydrogens is 536 g/mol. The quantitative estimate of drug-likeness (QED) is 0.238.